The average Bonchev–Trinajstić information content (AvgIpc) is 2.88. The Hall–Kier alpha value is -2.24. The molecule has 2 aliphatic carbocycles. The number of hydrogen-bond acceptors (Lipinski definition) is 6. The van der Waals surface area contributed by atoms with Gasteiger partial charge in [-0.25, -0.2) is 30.8 Å². The molecule has 2 aromatic rings. The van der Waals surface area contributed by atoms with Crippen molar-refractivity contribution in [1.29, 1.82) is 0 Å². The number of sulfone groups is 1. The van der Waals surface area contributed by atoms with Gasteiger partial charge in [0.1, 0.15) is 4.90 Å². The first kappa shape index (κ1) is 31.7. The maximum absolute atomic E-state index is 16.1. The number of primary sulfonamides is 1. The van der Waals surface area contributed by atoms with Crippen LogP contribution < -0.4 is 15.8 Å². The van der Waals surface area contributed by atoms with Crippen molar-refractivity contribution in [2.45, 2.75) is 118 Å². The molecule has 2 fully saturated rings. The van der Waals surface area contributed by atoms with Crippen LogP contribution in [0.5, 0.6) is 0 Å². The van der Waals surface area contributed by atoms with E-state index in [0.29, 0.717) is 25.7 Å². The van der Waals surface area contributed by atoms with E-state index in [0.717, 1.165) is 69.8 Å². The molecule has 0 amide bonds. The van der Waals surface area contributed by atoms with E-state index in [1.807, 2.05) is 6.07 Å². The minimum Gasteiger partial charge on any atom is -0.379 e. The van der Waals surface area contributed by atoms with Gasteiger partial charge in [-0.3, -0.25) is 0 Å². The van der Waals surface area contributed by atoms with E-state index >= 15 is 8.78 Å². The van der Waals surface area contributed by atoms with Gasteiger partial charge < -0.3 is 10.6 Å². The summed E-state index contributed by atoms with van der Waals surface area (Å²) < 4.78 is 85.4. The van der Waals surface area contributed by atoms with Gasteiger partial charge >= 0.3 is 0 Å². The highest BCUT2D eigenvalue weighted by Gasteiger charge is 2.37. The lowest BCUT2D eigenvalue weighted by atomic mass is 9.96. The van der Waals surface area contributed by atoms with Crippen molar-refractivity contribution in [3.8, 4) is 0 Å². The molecule has 0 bridgehead atoms. The zero-order valence-corrected chi connectivity index (χ0v) is 25.3. The second kappa shape index (κ2) is 14.3. The first-order valence-electron chi connectivity index (χ1n) is 15.0. The number of sulfonamides is 1. The molecule has 2 aromatic carbocycles. The van der Waals surface area contributed by atoms with Gasteiger partial charge in [0.05, 0.1) is 17.1 Å². The molecule has 7 nitrogen and oxygen atoms in total. The second-order valence-electron chi connectivity index (χ2n) is 11.5. The summed E-state index contributed by atoms with van der Waals surface area (Å²) in [5, 5.41) is 11.4. The number of halogens is 2. The van der Waals surface area contributed by atoms with E-state index in [1.54, 1.807) is 24.3 Å². The minimum atomic E-state index is -4.86. The molecule has 0 atom stereocenters. The molecule has 2 aliphatic rings. The molecule has 11 heteroatoms. The Morgan fingerprint density at radius 1 is 0.659 bits per heavy atom. The van der Waals surface area contributed by atoms with E-state index in [1.165, 1.54) is 0 Å². The van der Waals surface area contributed by atoms with Crippen molar-refractivity contribution in [2.24, 2.45) is 5.14 Å². The van der Waals surface area contributed by atoms with Gasteiger partial charge in [-0.15, -0.1) is 0 Å². The summed E-state index contributed by atoms with van der Waals surface area (Å²) in [5.41, 5.74) is -0.230. The SMILES string of the molecule is NS(=O)(=O)c1c(F)c(NC2CCCCCCC2)c(S(=O)(=O)CCc2ccccc2)c(NC2CCCCCCC2)c1F. The van der Waals surface area contributed by atoms with Crippen molar-refractivity contribution in [2.75, 3.05) is 16.4 Å². The van der Waals surface area contributed by atoms with Gasteiger partial charge in [0.2, 0.25) is 10.0 Å². The van der Waals surface area contributed by atoms with E-state index in [-0.39, 0.29) is 18.5 Å². The quantitative estimate of drug-likeness (QED) is 0.291. The van der Waals surface area contributed by atoms with E-state index in [2.05, 4.69) is 10.6 Å². The van der Waals surface area contributed by atoms with Crippen LogP contribution in [0, 0.1) is 11.6 Å². The maximum Gasteiger partial charge on any atom is 0.244 e. The molecule has 4 N–H and O–H groups in total. The fourth-order valence-corrected chi connectivity index (χ4v) is 8.41. The fourth-order valence-electron chi connectivity index (χ4n) is 6.07. The minimum absolute atomic E-state index is 0.134. The van der Waals surface area contributed by atoms with E-state index in [9.17, 15) is 16.8 Å². The summed E-state index contributed by atoms with van der Waals surface area (Å²) in [6.45, 7) is 0. The Morgan fingerprint density at radius 2 is 1.07 bits per heavy atom. The average molecular weight is 612 g/mol. The van der Waals surface area contributed by atoms with E-state index < -0.39 is 58.4 Å². The van der Waals surface area contributed by atoms with Crippen LogP contribution in [0.2, 0.25) is 0 Å². The Labute approximate surface area is 243 Å². The molecule has 228 valence electrons. The van der Waals surface area contributed by atoms with Crippen LogP contribution in [0.15, 0.2) is 40.1 Å². The predicted molar refractivity (Wildman–Crippen MR) is 159 cm³/mol. The zero-order valence-electron chi connectivity index (χ0n) is 23.6. The van der Waals surface area contributed by atoms with E-state index in [4.69, 9.17) is 5.14 Å². The van der Waals surface area contributed by atoms with Crippen LogP contribution in [0.3, 0.4) is 0 Å². The molecule has 0 heterocycles. The number of nitrogens with two attached hydrogens (primary N) is 1. The summed E-state index contributed by atoms with van der Waals surface area (Å²) >= 11 is 0. The van der Waals surface area contributed by atoms with Gasteiger partial charge in [-0.05, 0) is 37.7 Å². The summed E-state index contributed by atoms with van der Waals surface area (Å²) in [6, 6.07) is 8.42. The molecule has 0 aliphatic heterocycles. The number of aryl methyl sites for hydroxylation is 1. The molecule has 0 spiro atoms. The highest BCUT2D eigenvalue weighted by molar-refractivity contribution is 7.91. The fraction of sp³-hybridized carbons (Fsp3) is 0.600. The number of rotatable bonds is 9. The Balaban J connectivity index is 1.86. The summed E-state index contributed by atoms with van der Waals surface area (Å²) in [7, 11) is -9.16. The topological polar surface area (TPSA) is 118 Å². The van der Waals surface area contributed by atoms with Crippen LogP contribution in [-0.4, -0.2) is 34.7 Å². The van der Waals surface area contributed by atoms with Crippen molar-refractivity contribution in [3.05, 3.63) is 47.5 Å². The Morgan fingerprint density at radius 3 is 1.49 bits per heavy atom. The van der Waals surface area contributed by atoms with Crippen molar-refractivity contribution < 1.29 is 25.6 Å². The van der Waals surface area contributed by atoms with Gasteiger partial charge in [-0.2, -0.15) is 0 Å². The Bertz CT molecular complexity index is 1320. The standard InChI is InChI=1S/C30H43F2N3O4S2/c31-25-27(34-23-16-10-3-1-4-11-17-23)30(40(36,37)21-20-22-14-8-7-9-15-22)28(26(32)29(25)41(33,38)39)35-24-18-12-5-2-6-13-19-24/h7-9,14-15,23-24,34-35H,1-6,10-13,16-21H2,(H2,33,38,39). The van der Waals surface area contributed by atoms with Crippen molar-refractivity contribution >= 4 is 31.2 Å². The summed E-state index contributed by atoms with van der Waals surface area (Å²) in [6.07, 6.45) is 12.5. The number of nitrogens with one attached hydrogen (secondary N) is 2. The highest BCUT2D eigenvalue weighted by atomic mass is 32.2. The van der Waals surface area contributed by atoms with Crippen LogP contribution >= 0.6 is 0 Å². The lowest BCUT2D eigenvalue weighted by Gasteiger charge is -2.28. The van der Waals surface area contributed by atoms with Crippen LogP contribution in [-0.2, 0) is 26.3 Å². The van der Waals surface area contributed by atoms with Crippen molar-refractivity contribution in [1.82, 2.24) is 0 Å². The van der Waals surface area contributed by atoms with Gasteiger partial charge in [0, 0.05) is 12.1 Å². The van der Waals surface area contributed by atoms with Crippen molar-refractivity contribution in [3.63, 3.8) is 0 Å². The van der Waals surface area contributed by atoms with Crippen LogP contribution in [0.25, 0.3) is 0 Å². The van der Waals surface area contributed by atoms with Gasteiger partial charge in [-0.1, -0.05) is 94.5 Å². The monoisotopic (exact) mass is 611 g/mol. The lowest BCUT2D eigenvalue weighted by Crippen LogP contribution is -2.29. The predicted octanol–water partition coefficient (Wildman–Crippen LogP) is 6.68. The molecule has 41 heavy (non-hydrogen) atoms. The first-order valence-corrected chi connectivity index (χ1v) is 18.2. The van der Waals surface area contributed by atoms with Gasteiger partial charge in [0.25, 0.3) is 0 Å². The number of benzene rings is 2. The smallest absolute Gasteiger partial charge is 0.244 e. The maximum atomic E-state index is 16.1. The molecule has 2 saturated carbocycles. The summed E-state index contributed by atoms with van der Waals surface area (Å²) in [5.74, 6) is -3.36. The Kier molecular flexibility index (Phi) is 11.0. The molecular weight excluding hydrogens is 568 g/mol. The third kappa shape index (κ3) is 8.41. The second-order valence-corrected chi connectivity index (χ2v) is 15.1. The first-order chi connectivity index (χ1) is 19.6. The van der Waals surface area contributed by atoms with Crippen LogP contribution in [0.4, 0.5) is 20.2 Å². The number of anilines is 2. The third-order valence-electron chi connectivity index (χ3n) is 8.30. The molecular formula is C30H43F2N3O4S2. The molecule has 0 aromatic heterocycles. The molecule has 0 unspecified atom stereocenters. The normalized spacial score (nSPS) is 18.6. The number of hydrogen-bond donors (Lipinski definition) is 3. The summed E-state index contributed by atoms with van der Waals surface area (Å²) in [4.78, 5) is -1.85. The highest BCUT2D eigenvalue weighted by Crippen LogP contribution is 2.42. The molecule has 0 radical (unpaired) electrons. The third-order valence-corrected chi connectivity index (χ3v) is 11.0. The lowest BCUT2D eigenvalue weighted by molar-refractivity contribution is 0.461. The zero-order chi connectivity index (χ0) is 29.5. The molecule has 4 rings (SSSR count). The van der Waals surface area contributed by atoms with Gasteiger partial charge in [0.15, 0.2) is 26.4 Å². The molecule has 0 saturated heterocycles. The largest absolute Gasteiger partial charge is 0.379 e. The van der Waals surface area contributed by atoms with Crippen LogP contribution in [0.1, 0.15) is 95.5 Å².